The number of carbonyl (C=O) groups excluding carboxylic acids is 2. The molecule has 0 radical (unpaired) electrons. The first kappa shape index (κ1) is 22.6. The molecule has 2 amide bonds. The number of methoxy groups -OCH3 is 1. The molecule has 1 atom stereocenters. The second-order valence-electron chi connectivity index (χ2n) is 8.55. The molecular weight excluding hydrogens is 412 g/mol. The van der Waals surface area contributed by atoms with Gasteiger partial charge in [-0.3, -0.25) is 9.59 Å². The van der Waals surface area contributed by atoms with Gasteiger partial charge < -0.3 is 15.0 Å². The second kappa shape index (κ2) is 9.90. The average molecular weight is 443 g/mol. The predicted molar refractivity (Wildman–Crippen MR) is 130 cm³/mol. The monoisotopic (exact) mass is 442 g/mol. The van der Waals surface area contributed by atoms with Crippen LogP contribution in [0.2, 0.25) is 0 Å². The van der Waals surface area contributed by atoms with E-state index >= 15 is 0 Å². The van der Waals surface area contributed by atoms with E-state index < -0.39 is 5.41 Å². The number of hydrogen-bond acceptors (Lipinski definition) is 3. The van der Waals surface area contributed by atoms with E-state index in [0.717, 1.165) is 16.7 Å². The van der Waals surface area contributed by atoms with E-state index in [1.165, 1.54) is 0 Å². The lowest BCUT2D eigenvalue weighted by Crippen LogP contribution is -2.45. The minimum Gasteiger partial charge on any atom is -0.497 e. The molecule has 5 nitrogen and oxygen atoms in total. The number of likely N-dealkylation sites (tertiary alicyclic amines) is 1. The molecule has 33 heavy (non-hydrogen) atoms. The first-order valence-electron chi connectivity index (χ1n) is 11.4. The highest BCUT2D eigenvalue weighted by atomic mass is 16.5. The third kappa shape index (κ3) is 4.77. The van der Waals surface area contributed by atoms with Gasteiger partial charge >= 0.3 is 0 Å². The number of nitrogens with zero attached hydrogens (tertiary/aromatic N) is 1. The lowest BCUT2D eigenvalue weighted by Gasteiger charge is -2.29. The summed E-state index contributed by atoms with van der Waals surface area (Å²) in [5.41, 5.74) is 3.27. The Balaban J connectivity index is 1.64. The molecule has 4 rings (SSSR count). The smallest absolute Gasteiger partial charge is 0.254 e. The molecule has 170 valence electrons. The van der Waals surface area contributed by atoms with Crippen molar-refractivity contribution >= 4 is 11.8 Å². The molecule has 0 saturated carbocycles. The van der Waals surface area contributed by atoms with Gasteiger partial charge in [0.05, 0.1) is 12.5 Å². The van der Waals surface area contributed by atoms with Crippen LogP contribution in [0.5, 0.6) is 5.75 Å². The molecule has 1 N–H and O–H groups in total. The Labute approximate surface area is 195 Å². The standard InChI is InChI=1S/C28H30N2O3/c1-3-29-27(32)28(19-23-12-7-8-15-25(23)21-10-5-4-6-11-21)16-17-30(20-28)26(31)22-13-9-14-24(18-22)33-2/h4-15,18H,3,16-17,19-20H2,1-2H3,(H,29,32)/t28-/m1/s1. The number of carbonyl (C=O) groups is 2. The maximum absolute atomic E-state index is 13.4. The van der Waals surface area contributed by atoms with E-state index in [4.69, 9.17) is 4.74 Å². The highest BCUT2D eigenvalue weighted by Gasteiger charge is 2.46. The molecule has 1 aliphatic rings. The van der Waals surface area contributed by atoms with Gasteiger partial charge in [0, 0.05) is 25.2 Å². The summed E-state index contributed by atoms with van der Waals surface area (Å²) in [6.45, 7) is 3.42. The number of benzene rings is 3. The van der Waals surface area contributed by atoms with Gasteiger partial charge in [0.25, 0.3) is 5.91 Å². The quantitative estimate of drug-likeness (QED) is 0.583. The van der Waals surface area contributed by atoms with Gasteiger partial charge in [0.2, 0.25) is 5.91 Å². The number of amides is 2. The Morgan fingerprint density at radius 2 is 1.76 bits per heavy atom. The Bertz CT molecular complexity index is 1130. The first-order valence-corrected chi connectivity index (χ1v) is 11.4. The molecular formula is C28H30N2O3. The highest BCUT2D eigenvalue weighted by molar-refractivity contribution is 5.96. The van der Waals surface area contributed by atoms with Gasteiger partial charge in [-0.1, -0.05) is 60.7 Å². The Hall–Kier alpha value is -3.60. The molecule has 1 heterocycles. The molecule has 1 saturated heterocycles. The average Bonchev–Trinajstić information content (AvgIpc) is 3.30. The fourth-order valence-electron chi connectivity index (χ4n) is 4.68. The van der Waals surface area contributed by atoms with E-state index in [9.17, 15) is 9.59 Å². The maximum Gasteiger partial charge on any atom is 0.254 e. The molecule has 1 fully saturated rings. The fraction of sp³-hybridized carbons (Fsp3) is 0.286. The summed E-state index contributed by atoms with van der Waals surface area (Å²) in [7, 11) is 1.59. The predicted octanol–water partition coefficient (Wildman–Crippen LogP) is 4.57. The van der Waals surface area contributed by atoms with Crippen molar-refractivity contribution < 1.29 is 14.3 Å². The topological polar surface area (TPSA) is 58.6 Å². The first-order chi connectivity index (χ1) is 16.1. The second-order valence-corrected chi connectivity index (χ2v) is 8.55. The summed E-state index contributed by atoms with van der Waals surface area (Å²) < 4.78 is 5.28. The molecule has 3 aromatic carbocycles. The van der Waals surface area contributed by atoms with Crippen LogP contribution in [0.25, 0.3) is 11.1 Å². The highest BCUT2D eigenvalue weighted by Crippen LogP contribution is 2.38. The Kier molecular flexibility index (Phi) is 6.78. The molecule has 0 aliphatic carbocycles. The van der Waals surface area contributed by atoms with Crippen molar-refractivity contribution in [2.24, 2.45) is 5.41 Å². The molecule has 0 bridgehead atoms. The molecule has 5 heteroatoms. The fourth-order valence-corrected chi connectivity index (χ4v) is 4.68. The van der Waals surface area contributed by atoms with E-state index in [1.54, 1.807) is 24.1 Å². The van der Waals surface area contributed by atoms with Crippen LogP contribution in [0.15, 0.2) is 78.9 Å². The SMILES string of the molecule is CCNC(=O)[C@@]1(Cc2ccccc2-c2ccccc2)CCN(C(=O)c2cccc(OC)c2)C1. The number of hydrogen-bond donors (Lipinski definition) is 1. The van der Waals surface area contributed by atoms with Crippen molar-refractivity contribution in [3.8, 4) is 16.9 Å². The summed E-state index contributed by atoms with van der Waals surface area (Å²) in [6.07, 6.45) is 1.20. The molecule has 0 aromatic heterocycles. The van der Waals surface area contributed by atoms with Crippen molar-refractivity contribution in [1.82, 2.24) is 10.2 Å². The van der Waals surface area contributed by atoms with Gasteiger partial charge in [-0.05, 0) is 54.7 Å². The van der Waals surface area contributed by atoms with E-state index in [1.807, 2.05) is 49.4 Å². The number of ether oxygens (including phenoxy) is 1. The van der Waals surface area contributed by atoms with Gasteiger partial charge in [-0.2, -0.15) is 0 Å². The van der Waals surface area contributed by atoms with Crippen molar-refractivity contribution in [3.05, 3.63) is 90.0 Å². The lowest BCUT2D eigenvalue weighted by atomic mass is 9.78. The Morgan fingerprint density at radius 1 is 1.00 bits per heavy atom. The summed E-state index contributed by atoms with van der Waals surface area (Å²) in [4.78, 5) is 28.4. The molecule has 3 aromatic rings. The van der Waals surface area contributed by atoms with Crippen molar-refractivity contribution in [2.75, 3.05) is 26.7 Å². The zero-order valence-corrected chi connectivity index (χ0v) is 19.2. The van der Waals surface area contributed by atoms with Gasteiger partial charge in [0.15, 0.2) is 0 Å². The van der Waals surface area contributed by atoms with Crippen molar-refractivity contribution in [3.63, 3.8) is 0 Å². The van der Waals surface area contributed by atoms with Crippen LogP contribution in [-0.4, -0.2) is 43.5 Å². The van der Waals surface area contributed by atoms with Gasteiger partial charge in [-0.25, -0.2) is 0 Å². The van der Waals surface area contributed by atoms with Crippen LogP contribution >= 0.6 is 0 Å². The zero-order chi connectivity index (χ0) is 23.3. The number of nitrogens with one attached hydrogen (secondary N) is 1. The summed E-state index contributed by atoms with van der Waals surface area (Å²) >= 11 is 0. The zero-order valence-electron chi connectivity index (χ0n) is 19.2. The van der Waals surface area contributed by atoms with Crippen LogP contribution in [0.3, 0.4) is 0 Å². The maximum atomic E-state index is 13.4. The van der Waals surface area contributed by atoms with Gasteiger partial charge in [-0.15, -0.1) is 0 Å². The van der Waals surface area contributed by atoms with Crippen LogP contribution < -0.4 is 10.1 Å². The van der Waals surface area contributed by atoms with Crippen LogP contribution in [0.4, 0.5) is 0 Å². The minimum atomic E-state index is -0.671. The van der Waals surface area contributed by atoms with Gasteiger partial charge in [0.1, 0.15) is 5.75 Å². The lowest BCUT2D eigenvalue weighted by molar-refractivity contribution is -0.130. The molecule has 0 unspecified atom stereocenters. The summed E-state index contributed by atoms with van der Waals surface area (Å²) in [6, 6.07) is 25.6. The van der Waals surface area contributed by atoms with E-state index in [0.29, 0.717) is 43.8 Å². The Morgan fingerprint density at radius 3 is 2.52 bits per heavy atom. The summed E-state index contributed by atoms with van der Waals surface area (Å²) in [5.74, 6) is 0.581. The van der Waals surface area contributed by atoms with Crippen LogP contribution in [-0.2, 0) is 11.2 Å². The third-order valence-electron chi connectivity index (χ3n) is 6.41. The van der Waals surface area contributed by atoms with Crippen LogP contribution in [0, 0.1) is 5.41 Å². The van der Waals surface area contributed by atoms with Crippen LogP contribution in [0.1, 0.15) is 29.3 Å². The molecule has 0 spiro atoms. The number of rotatable bonds is 7. The largest absolute Gasteiger partial charge is 0.497 e. The van der Waals surface area contributed by atoms with E-state index in [2.05, 4.69) is 29.6 Å². The van der Waals surface area contributed by atoms with Crippen molar-refractivity contribution in [2.45, 2.75) is 19.8 Å². The van der Waals surface area contributed by atoms with E-state index in [-0.39, 0.29) is 11.8 Å². The normalized spacial score (nSPS) is 17.6. The minimum absolute atomic E-state index is 0.00815. The third-order valence-corrected chi connectivity index (χ3v) is 6.41. The molecule has 1 aliphatic heterocycles. The van der Waals surface area contributed by atoms with Crippen molar-refractivity contribution in [1.29, 1.82) is 0 Å². The summed E-state index contributed by atoms with van der Waals surface area (Å²) in [5, 5.41) is 3.03.